The zero-order chi connectivity index (χ0) is 14.1. The summed E-state index contributed by atoms with van der Waals surface area (Å²) in [6, 6.07) is 11.7. The maximum atomic E-state index is 13.5. The van der Waals surface area contributed by atoms with E-state index in [1.165, 1.54) is 30.5 Å². The number of halogens is 2. The minimum absolute atomic E-state index is 0.226. The van der Waals surface area contributed by atoms with Crippen molar-refractivity contribution in [3.8, 4) is 11.1 Å². The van der Waals surface area contributed by atoms with Gasteiger partial charge in [0.25, 0.3) is 0 Å². The number of rotatable bonds is 4. The summed E-state index contributed by atoms with van der Waals surface area (Å²) in [6.45, 7) is 2.72. The third kappa shape index (κ3) is 3.20. The molecule has 2 aromatic carbocycles. The lowest BCUT2D eigenvalue weighted by Crippen LogP contribution is -2.15. The smallest absolute Gasteiger partial charge is 0.124 e. The van der Waals surface area contributed by atoms with Crippen LogP contribution in [0.3, 0.4) is 0 Å². The van der Waals surface area contributed by atoms with Gasteiger partial charge in [0, 0.05) is 23.2 Å². The Kier molecular flexibility index (Phi) is 3.77. The normalized spacial score (nSPS) is 14.6. The summed E-state index contributed by atoms with van der Waals surface area (Å²) in [5.41, 5.74) is 3.77. The van der Waals surface area contributed by atoms with Gasteiger partial charge in [-0.25, -0.2) is 4.39 Å². The van der Waals surface area contributed by atoms with E-state index in [0.717, 1.165) is 23.2 Å². The van der Waals surface area contributed by atoms with Crippen molar-refractivity contribution >= 4 is 11.6 Å². The number of hydrogen-bond acceptors (Lipinski definition) is 1. The molecule has 1 saturated carbocycles. The molecule has 0 saturated heterocycles. The average molecular weight is 290 g/mol. The van der Waals surface area contributed by atoms with Crippen molar-refractivity contribution in [3.05, 3.63) is 58.4 Å². The monoisotopic (exact) mass is 289 g/mol. The molecule has 1 nitrogen and oxygen atoms in total. The molecule has 104 valence electrons. The number of aryl methyl sites for hydroxylation is 1. The van der Waals surface area contributed by atoms with Crippen molar-refractivity contribution in [2.24, 2.45) is 0 Å². The summed E-state index contributed by atoms with van der Waals surface area (Å²) >= 11 is 6.35. The van der Waals surface area contributed by atoms with E-state index in [9.17, 15) is 4.39 Å². The molecule has 0 spiro atoms. The first-order valence-electron chi connectivity index (χ1n) is 6.91. The first-order chi connectivity index (χ1) is 9.61. The molecule has 2 aromatic rings. The predicted molar refractivity (Wildman–Crippen MR) is 81.4 cm³/mol. The van der Waals surface area contributed by atoms with Gasteiger partial charge in [0.1, 0.15) is 5.82 Å². The van der Waals surface area contributed by atoms with Gasteiger partial charge >= 0.3 is 0 Å². The molecule has 0 aliphatic heterocycles. The van der Waals surface area contributed by atoms with Crippen molar-refractivity contribution in [2.75, 3.05) is 0 Å². The Balaban J connectivity index is 1.85. The molecular weight excluding hydrogens is 273 g/mol. The molecule has 3 heteroatoms. The van der Waals surface area contributed by atoms with Crippen LogP contribution in [0, 0.1) is 12.7 Å². The predicted octanol–water partition coefficient (Wildman–Crippen LogP) is 4.71. The van der Waals surface area contributed by atoms with Crippen LogP contribution in [0.15, 0.2) is 36.4 Å². The lowest BCUT2D eigenvalue weighted by atomic mass is 10.0. The van der Waals surface area contributed by atoms with Crippen LogP contribution >= 0.6 is 11.6 Å². The zero-order valence-corrected chi connectivity index (χ0v) is 12.2. The van der Waals surface area contributed by atoms with E-state index in [4.69, 9.17) is 11.6 Å². The lowest BCUT2D eigenvalue weighted by molar-refractivity contribution is 0.627. The molecule has 0 unspecified atom stereocenters. The Hall–Kier alpha value is -1.38. The molecule has 0 heterocycles. The number of nitrogens with one attached hydrogen (secondary N) is 1. The van der Waals surface area contributed by atoms with Gasteiger partial charge in [-0.15, -0.1) is 0 Å². The zero-order valence-electron chi connectivity index (χ0n) is 11.4. The minimum atomic E-state index is -0.226. The Bertz CT molecular complexity index is 615. The van der Waals surface area contributed by atoms with Crippen LogP contribution < -0.4 is 5.32 Å². The van der Waals surface area contributed by atoms with Crippen LogP contribution in [0.2, 0.25) is 5.02 Å². The second kappa shape index (κ2) is 5.55. The highest BCUT2D eigenvalue weighted by molar-refractivity contribution is 6.33. The molecule has 1 N–H and O–H groups in total. The summed E-state index contributed by atoms with van der Waals surface area (Å²) in [5.74, 6) is -0.226. The van der Waals surface area contributed by atoms with Crippen molar-refractivity contribution in [1.82, 2.24) is 5.32 Å². The fourth-order valence-corrected chi connectivity index (χ4v) is 2.66. The Labute approximate surface area is 123 Å². The molecule has 20 heavy (non-hydrogen) atoms. The van der Waals surface area contributed by atoms with Crippen LogP contribution in [-0.2, 0) is 6.54 Å². The molecule has 1 fully saturated rings. The van der Waals surface area contributed by atoms with Gasteiger partial charge in [0.2, 0.25) is 0 Å². The lowest BCUT2D eigenvalue weighted by Gasteiger charge is -2.09. The minimum Gasteiger partial charge on any atom is -0.310 e. The molecule has 3 rings (SSSR count). The third-order valence-corrected chi connectivity index (χ3v) is 3.87. The van der Waals surface area contributed by atoms with E-state index >= 15 is 0 Å². The fourth-order valence-electron chi connectivity index (χ4n) is 2.34. The highest BCUT2D eigenvalue weighted by Crippen LogP contribution is 2.30. The molecule has 1 aliphatic rings. The van der Waals surface area contributed by atoms with E-state index in [1.807, 2.05) is 25.1 Å². The Morgan fingerprint density at radius 3 is 2.65 bits per heavy atom. The second-order valence-electron chi connectivity index (χ2n) is 5.49. The molecule has 0 bridgehead atoms. The summed E-state index contributed by atoms with van der Waals surface area (Å²) in [6.07, 6.45) is 2.54. The SMILES string of the molecule is Cc1cc(F)cc(-c2ccc(CNC3CC3)cc2Cl)c1. The van der Waals surface area contributed by atoms with E-state index < -0.39 is 0 Å². The maximum absolute atomic E-state index is 13.5. The van der Waals surface area contributed by atoms with Crippen molar-refractivity contribution in [2.45, 2.75) is 32.4 Å². The molecule has 0 aromatic heterocycles. The van der Waals surface area contributed by atoms with E-state index in [1.54, 1.807) is 0 Å². The molecule has 1 aliphatic carbocycles. The number of benzene rings is 2. The van der Waals surface area contributed by atoms with E-state index in [0.29, 0.717) is 11.1 Å². The summed E-state index contributed by atoms with van der Waals surface area (Å²) < 4.78 is 13.5. The molecule has 0 amide bonds. The standard InChI is InChI=1S/C17H17ClFN/c1-11-6-13(9-14(19)7-11)16-5-2-12(8-17(16)18)10-20-15-3-4-15/h2,5-9,15,20H,3-4,10H2,1H3. The summed E-state index contributed by atoms with van der Waals surface area (Å²) in [7, 11) is 0. The van der Waals surface area contributed by atoms with Crippen molar-refractivity contribution < 1.29 is 4.39 Å². The van der Waals surface area contributed by atoms with Gasteiger partial charge in [0.15, 0.2) is 0 Å². The van der Waals surface area contributed by atoms with Gasteiger partial charge in [-0.05, 0) is 54.7 Å². The Morgan fingerprint density at radius 1 is 1.20 bits per heavy atom. The highest BCUT2D eigenvalue weighted by Gasteiger charge is 2.20. The molecule has 0 atom stereocenters. The largest absolute Gasteiger partial charge is 0.310 e. The van der Waals surface area contributed by atoms with Crippen LogP contribution in [0.1, 0.15) is 24.0 Å². The van der Waals surface area contributed by atoms with Gasteiger partial charge < -0.3 is 5.32 Å². The van der Waals surface area contributed by atoms with Crippen LogP contribution in [-0.4, -0.2) is 6.04 Å². The van der Waals surface area contributed by atoms with Crippen LogP contribution in [0.25, 0.3) is 11.1 Å². The molecule has 0 radical (unpaired) electrons. The molecular formula is C17H17ClFN. The highest BCUT2D eigenvalue weighted by atomic mass is 35.5. The average Bonchev–Trinajstić information content (AvgIpc) is 3.19. The summed E-state index contributed by atoms with van der Waals surface area (Å²) in [5, 5.41) is 4.13. The van der Waals surface area contributed by atoms with Gasteiger partial charge in [-0.1, -0.05) is 29.8 Å². The van der Waals surface area contributed by atoms with Gasteiger partial charge in [-0.2, -0.15) is 0 Å². The van der Waals surface area contributed by atoms with E-state index in [2.05, 4.69) is 11.4 Å². The Morgan fingerprint density at radius 2 is 2.00 bits per heavy atom. The third-order valence-electron chi connectivity index (χ3n) is 3.56. The summed E-state index contributed by atoms with van der Waals surface area (Å²) in [4.78, 5) is 0. The topological polar surface area (TPSA) is 12.0 Å². The van der Waals surface area contributed by atoms with Gasteiger partial charge in [-0.3, -0.25) is 0 Å². The fraction of sp³-hybridized carbons (Fsp3) is 0.294. The van der Waals surface area contributed by atoms with Gasteiger partial charge in [0.05, 0.1) is 0 Å². The maximum Gasteiger partial charge on any atom is 0.124 e. The number of hydrogen-bond donors (Lipinski definition) is 1. The first-order valence-corrected chi connectivity index (χ1v) is 7.29. The quantitative estimate of drug-likeness (QED) is 0.860. The van der Waals surface area contributed by atoms with Crippen molar-refractivity contribution in [1.29, 1.82) is 0 Å². The first kappa shape index (κ1) is 13.6. The van der Waals surface area contributed by atoms with E-state index in [-0.39, 0.29) is 5.82 Å². The van der Waals surface area contributed by atoms with Crippen LogP contribution in [0.4, 0.5) is 4.39 Å². The van der Waals surface area contributed by atoms with Crippen LogP contribution in [0.5, 0.6) is 0 Å². The van der Waals surface area contributed by atoms with Crippen molar-refractivity contribution in [3.63, 3.8) is 0 Å². The second-order valence-corrected chi connectivity index (χ2v) is 5.89.